The van der Waals surface area contributed by atoms with Gasteiger partial charge in [0.05, 0.1) is 17.1 Å². The van der Waals surface area contributed by atoms with Gasteiger partial charge >= 0.3 is 0 Å². The summed E-state index contributed by atoms with van der Waals surface area (Å²) in [6.07, 6.45) is 2.59. The number of sulfonamides is 1. The molecule has 2 aromatic carbocycles. The predicted octanol–water partition coefficient (Wildman–Crippen LogP) is 4.07. The number of rotatable bonds is 4. The predicted molar refractivity (Wildman–Crippen MR) is 113 cm³/mol. The molecule has 0 saturated carbocycles. The van der Waals surface area contributed by atoms with Gasteiger partial charge in [-0.05, 0) is 43.2 Å². The number of anilines is 1. The molecule has 2 heterocycles. The van der Waals surface area contributed by atoms with E-state index in [1.54, 1.807) is 30.5 Å². The number of nitrogens with zero attached hydrogens (tertiary/aromatic N) is 2. The molecule has 156 valence electrons. The van der Waals surface area contributed by atoms with Gasteiger partial charge in [-0.15, -0.1) is 0 Å². The van der Waals surface area contributed by atoms with Gasteiger partial charge in [-0.3, -0.25) is 9.78 Å². The standard InChI is InChI=1S/C21H19ClFN3O3S/c22-16-8-9-18(17(23)12-16)25-21(27)15-6-3-11-26(13-15)30(28,29)19-7-1-4-14-5-2-10-24-20(14)19/h1-2,4-5,7-10,12,15H,3,6,11,13H2,(H,25,27). The molecule has 0 radical (unpaired) electrons. The highest BCUT2D eigenvalue weighted by molar-refractivity contribution is 7.89. The fourth-order valence-electron chi connectivity index (χ4n) is 3.62. The van der Waals surface area contributed by atoms with Crippen molar-refractivity contribution >= 4 is 44.1 Å². The number of fused-ring (bicyclic) bond motifs is 1. The van der Waals surface area contributed by atoms with E-state index < -0.39 is 27.7 Å². The molecular weight excluding hydrogens is 429 g/mol. The smallest absolute Gasteiger partial charge is 0.245 e. The lowest BCUT2D eigenvalue weighted by atomic mass is 9.98. The third-order valence-electron chi connectivity index (χ3n) is 5.16. The van der Waals surface area contributed by atoms with Crippen LogP contribution in [0.1, 0.15) is 12.8 Å². The largest absolute Gasteiger partial charge is 0.323 e. The van der Waals surface area contributed by atoms with E-state index in [9.17, 15) is 17.6 Å². The van der Waals surface area contributed by atoms with Crippen LogP contribution in [0.4, 0.5) is 10.1 Å². The van der Waals surface area contributed by atoms with Crippen LogP contribution in [0.5, 0.6) is 0 Å². The molecule has 1 aliphatic heterocycles. The summed E-state index contributed by atoms with van der Waals surface area (Å²) in [7, 11) is -3.84. The Labute approximate surface area is 178 Å². The van der Waals surface area contributed by atoms with E-state index >= 15 is 0 Å². The van der Waals surface area contributed by atoms with E-state index in [1.807, 2.05) is 0 Å². The van der Waals surface area contributed by atoms with Crippen molar-refractivity contribution in [3.8, 4) is 0 Å². The first-order chi connectivity index (χ1) is 14.4. The topological polar surface area (TPSA) is 79.4 Å². The minimum atomic E-state index is -3.84. The summed E-state index contributed by atoms with van der Waals surface area (Å²) in [5.41, 5.74) is 0.414. The molecule has 1 amide bonds. The maximum absolute atomic E-state index is 14.0. The van der Waals surface area contributed by atoms with Crippen LogP contribution in [0.2, 0.25) is 5.02 Å². The number of carbonyl (C=O) groups is 1. The number of pyridine rings is 1. The summed E-state index contributed by atoms with van der Waals surface area (Å²) in [5, 5.41) is 3.49. The Morgan fingerprint density at radius 1 is 1.20 bits per heavy atom. The molecule has 1 aromatic heterocycles. The first-order valence-electron chi connectivity index (χ1n) is 9.46. The Morgan fingerprint density at radius 3 is 2.80 bits per heavy atom. The molecule has 4 rings (SSSR count). The van der Waals surface area contributed by atoms with Gasteiger partial charge in [0.2, 0.25) is 15.9 Å². The van der Waals surface area contributed by atoms with Crippen molar-refractivity contribution in [3.63, 3.8) is 0 Å². The Kier molecular flexibility index (Phi) is 5.73. The van der Waals surface area contributed by atoms with E-state index in [1.165, 1.54) is 22.5 Å². The SMILES string of the molecule is O=C(Nc1ccc(Cl)cc1F)C1CCCN(S(=O)(=O)c2cccc3cccnc23)C1. The Bertz CT molecular complexity index is 1210. The molecule has 1 atom stereocenters. The normalized spacial score (nSPS) is 17.7. The zero-order valence-corrected chi connectivity index (χ0v) is 17.5. The van der Waals surface area contributed by atoms with Gasteiger partial charge in [0.15, 0.2) is 0 Å². The second-order valence-corrected chi connectivity index (χ2v) is 9.49. The number of para-hydroxylation sites is 1. The maximum Gasteiger partial charge on any atom is 0.245 e. The van der Waals surface area contributed by atoms with E-state index in [0.717, 1.165) is 11.5 Å². The first-order valence-corrected chi connectivity index (χ1v) is 11.3. The summed E-state index contributed by atoms with van der Waals surface area (Å²) in [5.74, 6) is -1.66. The highest BCUT2D eigenvalue weighted by atomic mass is 35.5. The average molecular weight is 448 g/mol. The molecule has 1 saturated heterocycles. The zero-order valence-electron chi connectivity index (χ0n) is 15.9. The number of carbonyl (C=O) groups excluding carboxylic acids is 1. The molecule has 0 spiro atoms. The van der Waals surface area contributed by atoms with Gasteiger partial charge in [0, 0.05) is 29.7 Å². The zero-order chi connectivity index (χ0) is 21.3. The fraction of sp³-hybridized carbons (Fsp3) is 0.238. The Hall–Kier alpha value is -2.55. The Morgan fingerprint density at radius 2 is 2.00 bits per heavy atom. The second-order valence-electron chi connectivity index (χ2n) is 7.15. The average Bonchev–Trinajstić information content (AvgIpc) is 2.75. The first kappa shape index (κ1) is 20.7. The van der Waals surface area contributed by atoms with Crippen LogP contribution < -0.4 is 5.32 Å². The lowest BCUT2D eigenvalue weighted by Crippen LogP contribution is -2.43. The van der Waals surface area contributed by atoms with Crippen LogP contribution in [0, 0.1) is 11.7 Å². The van der Waals surface area contributed by atoms with Crippen molar-refractivity contribution in [2.24, 2.45) is 5.92 Å². The molecule has 1 fully saturated rings. The molecule has 0 aliphatic carbocycles. The van der Waals surface area contributed by atoms with Crippen molar-refractivity contribution in [1.29, 1.82) is 0 Å². The van der Waals surface area contributed by atoms with Crippen molar-refractivity contribution in [2.75, 3.05) is 18.4 Å². The van der Waals surface area contributed by atoms with Gasteiger partial charge in [-0.2, -0.15) is 4.31 Å². The highest BCUT2D eigenvalue weighted by Gasteiger charge is 2.34. The monoisotopic (exact) mass is 447 g/mol. The number of nitrogens with one attached hydrogen (secondary N) is 1. The summed E-state index contributed by atoms with van der Waals surface area (Å²) in [6, 6.07) is 12.5. The fourth-order valence-corrected chi connectivity index (χ4v) is 5.47. The molecule has 1 unspecified atom stereocenters. The third kappa shape index (κ3) is 4.03. The van der Waals surface area contributed by atoms with Crippen LogP contribution in [-0.2, 0) is 14.8 Å². The Balaban J connectivity index is 1.56. The van der Waals surface area contributed by atoms with E-state index in [4.69, 9.17) is 11.6 Å². The van der Waals surface area contributed by atoms with E-state index in [2.05, 4.69) is 10.3 Å². The third-order valence-corrected chi connectivity index (χ3v) is 7.29. The number of benzene rings is 2. The van der Waals surface area contributed by atoms with E-state index in [-0.39, 0.29) is 22.2 Å². The van der Waals surface area contributed by atoms with E-state index in [0.29, 0.717) is 24.9 Å². The highest BCUT2D eigenvalue weighted by Crippen LogP contribution is 2.29. The van der Waals surface area contributed by atoms with Crippen molar-refractivity contribution < 1.29 is 17.6 Å². The molecule has 9 heteroatoms. The van der Waals surface area contributed by atoms with Gasteiger partial charge in [0.25, 0.3) is 0 Å². The molecule has 6 nitrogen and oxygen atoms in total. The molecular formula is C21H19ClFN3O3S. The van der Waals surface area contributed by atoms with Crippen molar-refractivity contribution in [2.45, 2.75) is 17.7 Å². The van der Waals surface area contributed by atoms with Gasteiger partial charge in [0.1, 0.15) is 10.7 Å². The molecule has 1 N–H and O–H groups in total. The van der Waals surface area contributed by atoms with Crippen molar-refractivity contribution in [3.05, 3.63) is 65.6 Å². The van der Waals surface area contributed by atoms with Gasteiger partial charge in [-0.25, -0.2) is 12.8 Å². The number of halogens is 2. The second kappa shape index (κ2) is 8.29. The van der Waals surface area contributed by atoms with Crippen LogP contribution in [0.15, 0.2) is 59.6 Å². The van der Waals surface area contributed by atoms with Crippen molar-refractivity contribution in [1.82, 2.24) is 9.29 Å². The summed E-state index contributed by atoms with van der Waals surface area (Å²) < 4.78 is 41.9. The lowest BCUT2D eigenvalue weighted by molar-refractivity contribution is -0.120. The molecule has 3 aromatic rings. The number of hydrogen-bond acceptors (Lipinski definition) is 4. The number of piperidine rings is 1. The van der Waals surface area contributed by atoms with Gasteiger partial charge < -0.3 is 5.32 Å². The molecule has 1 aliphatic rings. The van der Waals surface area contributed by atoms with Crippen LogP contribution in [-0.4, -0.2) is 36.7 Å². The lowest BCUT2D eigenvalue weighted by Gasteiger charge is -2.31. The van der Waals surface area contributed by atoms with Crippen LogP contribution in [0.3, 0.4) is 0 Å². The number of hydrogen-bond donors (Lipinski definition) is 1. The minimum Gasteiger partial charge on any atom is -0.323 e. The summed E-state index contributed by atoms with van der Waals surface area (Å²) >= 11 is 5.74. The van der Waals surface area contributed by atoms with Crippen LogP contribution in [0.25, 0.3) is 10.9 Å². The van der Waals surface area contributed by atoms with Crippen LogP contribution >= 0.6 is 11.6 Å². The number of amides is 1. The van der Waals surface area contributed by atoms with Gasteiger partial charge in [-0.1, -0.05) is 29.8 Å². The quantitative estimate of drug-likeness (QED) is 0.654. The number of aromatic nitrogens is 1. The molecule has 0 bridgehead atoms. The summed E-state index contributed by atoms with van der Waals surface area (Å²) in [6.45, 7) is 0.331. The summed E-state index contributed by atoms with van der Waals surface area (Å²) in [4.78, 5) is 17.0. The maximum atomic E-state index is 14.0. The minimum absolute atomic E-state index is 0.0163. The molecule has 30 heavy (non-hydrogen) atoms.